The van der Waals surface area contributed by atoms with Crippen molar-refractivity contribution in [3.8, 4) is 61.3 Å². The number of halogens is 2. The summed E-state index contributed by atoms with van der Waals surface area (Å²) < 4.78 is 41.0. The fourth-order valence-corrected chi connectivity index (χ4v) is 12.7. The van der Waals surface area contributed by atoms with E-state index in [2.05, 4.69) is 207 Å². The van der Waals surface area contributed by atoms with Crippen molar-refractivity contribution >= 4 is 61.6 Å². The van der Waals surface area contributed by atoms with E-state index in [0.717, 1.165) is 67.1 Å². The number of fused-ring (bicyclic) bond motifs is 10. The van der Waals surface area contributed by atoms with Gasteiger partial charge in [0.25, 0.3) is 0 Å². The van der Waals surface area contributed by atoms with Crippen molar-refractivity contribution in [2.24, 2.45) is 0 Å². The van der Waals surface area contributed by atoms with E-state index in [4.69, 9.17) is 8.75 Å². The van der Waals surface area contributed by atoms with Crippen molar-refractivity contribution in [1.29, 1.82) is 0 Å². The molecule has 0 spiro atoms. The minimum absolute atomic E-state index is 0.0942. The molecule has 0 radical (unpaired) electrons. The fourth-order valence-electron chi connectivity index (χ4n) is 12.1. The molecule has 0 N–H and O–H groups in total. The molecule has 2 aliphatic rings. The van der Waals surface area contributed by atoms with Crippen LogP contribution < -0.4 is 4.90 Å². The second-order valence-electron chi connectivity index (χ2n) is 20.6. The molecular weight excluding hydrogens is 919 g/mol. The van der Waals surface area contributed by atoms with E-state index >= 15 is 0 Å². The molecule has 0 saturated carbocycles. The third kappa shape index (κ3) is 6.61. The van der Waals surface area contributed by atoms with Gasteiger partial charge in [0.2, 0.25) is 0 Å². The normalized spacial score (nSPS) is 13.8. The van der Waals surface area contributed by atoms with Gasteiger partial charge in [0.15, 0.2) is 0 Å². The number of nitrogens with zero attached hydrogens (tertiary/aromatic N) is 4. The molecular formula is C66H46F2N4S. The lowest BCUT2D eigenvalue weighted by Crippen LogP contribution is -2.14. The molecule has 10 aromatic carbocycles. The second kappa shape index (κ2) is 16.0. The van der Waals surface area contributed by atoms with Crippen LogP contribution in [0, 0.1) is 11.6 Å². The Labute approximate surface area is 426 Å². The van der Waals surface area contributed by atoms with E-state index < -0.39 is 0 Å². The highest BCUT2D eigenvalue weighted by molar-refractivity contribution is 7.00. The highest BCUT2D eigenvalue weighted by Gasteiger charge is 2.36. The van der Waals surface area contributed by atoms with Crippen molar-refractivity contribution in [3.63, 3.8) is 0 Å². The molecule has 12 aromatic rings. The first-order chi connectivity index (χ1) is 35.5. The smallest absolute Gasteiger partial charge is 0.129 e. The quantitative estimate of drug-likeness (QED) is 0.160. The summed E-state index contributed by atoms with van der Waals surface area (Å²) in [6.45, 7) is 9.31. The molecule has 7 heteroatoms. The average Bonchev–Trinajstić information content (AvgIpc) is 4.15. The molecule has 350 valence electrons. The number of benzene rings is 10. The van der Waals surface area contributed by atoms with Crippen LogP contribution in [0.5, 0.6) is 0 Å². The highest BCUT2D eigenvalue weighted by atomic mass is 32.1. The van der Waals surface area contributed by atoms with Gasteiger partial charge in [-0.15, -0.1) is 0 Å². The Hall–Kier alpha value is -8.52. The molecule has 4 nitrogen and oxygen atoms in total. The number of anilines is 3. The zero-order valence-electron chi connectivity index (χ0n) is 40.6. The van der Waals surface area contributed by atoms with Crippen LogP contribution >= 0.6 is 11.7 Å². The van der Waals surface area contributed by atoms with Crippen molar-refractivity contribution in [2.75, 3.05) is 4.90 Å². The Morgan fingerprint density at radius 3 is 1.36 bits per heavy atom. The minimum atomic E-state index is -0.361. The molecule has 73 heavy (non-hydrogen) atoms. The van der Waals surface area contributed by atoms with Crippen LogP contribution in [-0.4, -0.2) is 13.3 Å². The van der Waals surface area contributed by atoms with E-state index in [9.17, 15) is 8.78 Å². The monoisotopic (exact) mass is 964 g/mol. The molecule has 0 atom stereocenters. The van der Waals surface area contributed by atoms with Gasteiger partial charge >= 0.3 is 0 Å². The lowest BCUT2D eigenvalue weighted by molar-refractivity contribution is 0.628. The third-order valence-electron chi connectivity index (χ3n) is 15.8. The van der Waals surface area contributed by atoms with Crippen molar-refractivity contribution < 1.29 is 8.78 Å². The topological polar surface area (TPSA) is 34.0 Å². The van der Waals surface area contributed by atoms with Crippen molar-refractivity contribution in [1.82, 2.24) is 13.3 Å². The van der Waals surface area contributed by atoms with Crippen LogP contribution in [0.2, 0.25) is 0 Å². The number of rotatable bonds is 7. The van der Waals surface area contributed by atoms with Crippen LogP contribution in [0.15, 0.2) is 206 Å². The van der Waals surface area contributed by atoms with Crippen LogP contribution in [0.3, 0.4) is 0 Å². The zero-order chi connectivity index (χ0) is 49.3. The maximum absolute atomic E-state index is 14.5. The van der Waals surface area contributed by atoms with E-state index in [1.807, 2.05) is 0 Å². The Kier molecular flexibility index (Phi) is 9.48. The van der Waals surface area contributed by atoms with Crippen LogP contribution in [0.4, 0.5) is 25.8 Å². The van der Waals surface area contributed by atoms with Crippen LogP contribution in [0.25, 0.3) is 94.2 Å². The van der Waals surface area contributed by atoms with Crippen LogP contribution in [-0.2, 0) is 10.8 Å². The van der Waals surface area contributed by atoms with Gasteiger partial charge in [-0.05, 0) is 169 Å². The Bertz CT molecular complexity index is 4010. The van der Waals surface area contributed by atoms with Gasteiger partial charge in [-0.25, -0.2) is 8.78 Å². The summed E-state index contributed by atoms with van der Waals surface area (Å²) >= 11 is 1.21. The largest absolute Gasteiger partial charge is 0.309 e. The highest BCUT2D eigenvalue weighted by Crippen LogP contribution is 2.52. The average molecular weight is 965 g/mol. The Morgan fingerprint density at radius 1 is 0.397 bits per heavy atom. The van der Waals surface area contributed by atoms with Crippen molar-refractivity contribution in [3.05, 3.63) is 240 Å². The predicted molar refractivity (Wildman–Crippen MR) is 298 cm³/mol. The summed E-state index contributed by atoms with van der Waals surface area (Å²) in [5.74, 6) is -0.722. The Morgan fingerprint density at radius 2 is 0.836 bits per heavy atom. The van der Waals surface area contributed by atoms with Crippen molar-refractivity contribution in [2.45, 2.75) is 38.5 Å². The second-order valence-corrected chi connectivity index (χ2v) is 21.1. The lowest BCUT2D eigenvalue weighted by atomic mass is 9.81. The summed E-state index contributed by atoms with van der Waals surface area (Å²) in [5.41, 5.74) is 24.1. The fraction of sp³-hybridized carbons (Fsp3) is 0.0909. The van der Waals surface area contributed by atoms with Crippen LogP contribution in [0.1, 0.15) is 49.9 Å². The standard InChI is InChI=1S/C66H46F2N4S/c1-65(2)56-11-7-5-9-50(56)52-29-19-42(35-58(52)65)39-13-23-46(24-14-39)71(47-25-15-40(16-26-47)43-20-30-53-51-10-6-8-12-57(51)66(3,4)59(53)36-43)62-34-31-49(63-64(62)70-73-69-63)41-17-27-48(28-18-41)72-60-32-21-44(67)37-54(60)55-38-45(68)22-33-61(55)72/h5-38H,1-4H3. The Balaban J connectivity index is 0.850. The maximum atomic E-state index is 14.5. The molecule has 0 amide bonds. The summed E-state index contributed by atoms with van der Waals surface area (Å²) in [7, 11) is 0. The first-order valence-electron chi connectivity index (χ1n) is 24.8. The van der Waals surface area contributed by atoms with E-state index in [-0.39, 0.29) is 22.5 Å². The first kappa shape index (κ1) is 43.3. The van der Waals surface area contributed by atoms with Gasteiger partial charge in [-0.1, -0.05) is 137 Å². The van der Waals surface area contributed by atoms with Gasteiger partial charge in [0.1, 0.15) is 22.7 Å². The van der Waals surface area contributed by atoms with Gasteiger partial charge in [0, 0.05) is 44.2 Å². The maximum Gasteiger partial charge on any atom is 0.129 e. The number of hydrogen-bond acceptors (Lipinski definition) is 4. The van der Waals surface area contributed by atoms with Gasteiger partial charge < -0.3 is 9.47 Å². The summed E-state index contributed by atoms with van der Waals surface area (Å²) in [6.07, 6.45) is 0. The summed E-state index contributed by atoms with van der Waals surface area (Å²) in [4.78, 5) is 2.29. The zero-order valence-corrected chi connectivity index (χ0v) is 41.4. The van der Waals surface area contributed by atoms with E-state index in [0.29, 0.717) is 10.8 Å². The molecule has 0 unspecified atom stereocenters. The molecule has 0 bridgehead atoms. The first-order valence-corrected chi connectivity index (χ1v) is 25.5. The SMILES string of the molecule is CC1(C)c2ccccc2-c2ccc(-c3ccc(N(c4ccc(-c5ccc6c(c5)C(C)(C)c5ccccc5-6)cc4)c4ccc(-c5ccc(-n6c7ccc(F)cc7c7cc(F)ccc76)cc5)c5nsnc45)cc3)cc21. The molecule has 2 heterocycles. The van der Waals surface area contributed by atoms with Gasteiger partial charge in [-0.2, -0.15) is 8.75 Å². The molecule has 2 aliphatic carbocycles. The minimum Gasteiger partial charge on any atom is -0.309 e. The van der Waals surface area contributed by atoms with E-state index in [1.165, 1.54) is 91.6 Å². The molecule has 14 rings (SSSR count). The summed E-state index contributed by atoms with van der Waals surface area (Å²) in [5, 5.41) is 1.32. The van der Waals surface area contributed by atoms with E-state index in [1.54, 1.807) is 12.1 Å². The molecule has 2 aromatic heterocycles. The third-order valence-corrected chi connectivity index (χ3v) is 16.4. The lowest BCUT2D eigenvalue weighted by Gasteiger charge is -2.26. The predicted octanol–water partition coefficient (Wildman–Crippen LogP) is 18.1. The summed E-state index contributed by atoms with van der Waals surface area (Å²) in [6, 6.07) is 71.1. The number of hydrogen-bond donors (Lipinski definition) is 0. The van der Waals surface area contributed by atoms with Gasteiger partial charge in [0.05, 0.1) is 28.4 Å². The van der Waals surface area contributed by atoms with Gasteiger partial charge in [-0.3, -0.25) is 0 Å². The molecule has 0 aliphatic heterocycles. The molecule has 0 saturated heterocycles. The number of aromatic nitrogens is 3. The molecule has 0 fully saturated rings.